The van der Waals surface area contributed by atoms with Gasteiger partial charge in [-0.1, -0.05) is 13.0 Å². The quantitative estimate of drug-likeness (QED) is 0.820. The van der Waals surface area contributed by atoms with Crippen LogP contribution in [0.3, 0.4) is 0 Å². The molecule has 0 atom stereocenters. The molecule has 2 aromatic rings. The average molecular weight is 304 g/mol. The van der Waals surface area contributed by atoms with Gasteiger partial charge >= 0.3 is 5.97 Å². The first-order valence-corrected chi connectivity index (χ1v) is 7.19. The Kier molecular flexibility index (Phi) is 5.04. The number of carboxylic acids is 1. The SMILES string of the molecule is CCCN(CC(=O)O)C(=O)Cc1c[nH]c2cccc(OC)c12. The molecule has 6 heteroatoms. The molecular formula is C16H20N2O4. The van der Waals surface area contributed by atoms with Crippen molar-refractivity contribution in [3.05, 3.63) is 30.0 Å². The second-order valence-electron chi connectivity index (χ2n) is 5.08. The van der Waals surface area contributed by atoms with Crippen LogP contribution in [-0.4, -0.2) is 47.1 Å². The second-order valence-corrected chi connectivity index (χ2v) is 5.08. The summed E-state index contributed by atoms with van der Waals surface area (Å²) in [7, 11) is 1.58. The molecule has 0 fully saturated rings. The largest absolute Gasteiger partial charge is 0.496 e. The molecule has 22 heavy (non-hydrogen) atoms. The molecule has 6 nitrogen and oxygen atoms in total. The Morgan fingerprint density at radius 3 is 2.77 bits per heavy atom. The number of benzene rings is 1. The number of carbonyl (C=O) groups is 2. The monoisotopic (exact) mass is 304 g/mol. The first kappa shape index (κ1) is 15.9. The molecule has 0 saturated heterocycles. The predicted octanol–water partition coefficient (Wildman–Crippen LogP) is 2.04. The number of methoxy groups -OCH3 is 1. The van der Waals surface area contributed by atoms with E-state index in [1.165, 1.54) is 4.90 Å². The lowest BCUT2D eigenvalue weighted by molar-refractivity contribution is -0.144. The Hall–Kier alpha value is -2.50. The minimum atomic E-state index is -1.00. The highest BCUT2D eigenvalue weighted by atomic mass is 16.5. The third-order valence-electron chi connectivity index (χ3n) is 3.48. The number of ether oxygens (including phenoxy) is 1. The second kappa shape index (κ2) is 6.98. The fourth-order valence-electron chi connectivity index (χ4n) is 2.53. The Bertz CT molecular complexity index is 678. The summed E-state index contributed by atoms with van der Waals surface area (Å²) in [5.41, 5.74) is 1.70. The molecule has 2 N–H and O–H groups in total. The van der Waals surface area contributed by atoms with Crippen molar-refractivity contribution < 1.29 is 19.4 Å². The predicted molar refractivity (Wildman–Crippen MR) is 83.1 cm³/mol. The van der Waals surface area contributed by atoms with Crippen molar-refractivity contribution in [2.24, 2.45) is 0 Å². The lowest BCUT2D eigenvalue weighted by atomic mass is 10.1. The molecule has 1 aromatic heterocycles. The number of aromatic amines is 1. The number of carboxylic acid groups (broad SMARTS) is 1. The van der Waals surface area contributed by atoms with Crippen molar-refractivity contribution in [2.45, 2.75) is 19.8 Å². The number of rotatable bonds is 7. The molecule has 1 amide bonds. The molecular weight excluding hydrogens is 284 g/mol. The van der Waals surface area contributed by atoms with Crippen LogP contribution in [0.2, 0.25) is 0 Å². The Morgan fingerprint density at radius 1 is 1.36 bits per heavy atom. The number of hydrogen-bond donors (Lipinski definition) is 2. The Balaban J connectivity index is 2.25. The van der Waals surface area contributed by atoms with Crippen LogP contribution in [0.1, 0.15) is 18.9 Å². The van der Waals surface area contributed by atoms with Crippen molar-refractivity contribution in [3.63, 3.8) is 0 Å². The van der Waals surface area contributed by atoms with Gasteiger partial charge < -0.3 is 19.7 Å². The molecule has 118 valence electrons. The minimum Gasteiger partial charge on any atom is -0.496 e. The average Bonchev–Trinajstić information content (AvgIpc) is 2.89. The molecule has 1 heterocycles. The third kappa shape index (κ3) is 3.39. The van der Waals surface area contributed by atoms with Gasteiger partial charge in [-0.3, -0.25) is 9.59 Å². The minimum absolute atomic E-state index is 0.146. The summed E-state index contributed by atoms with van der Waals surface area (Å²) in [6.07, 6.45) is 2.64. The summed E-state index contributed by atoms with van der Waals surface area (Å²) in [4.78, 5) is 27.8. The summed E-state index contributed by atoms with van der Waals surface area (Å²) in [6, 6.07) is 5.62. The van der Waals surface area contributed by atoms with Gasteiger partial charge in [-0.2, -0.15) is 0 Å². The van der Waals surface area contributed by atoms with Gasteiger partial charge in [0, 0.05) is 23.6 Å². The molecule has 0 radical (unpaired) electrons. The van der Waals surface area contributed by atoms with Crippen LogP contribution < -0.4 is 4.74 Å². The molecule has 0 unspecified atom stereocenters. The van der Waals surface area contributed by atoms with Crippen LogP contribution in [0.25, 0.3) is 10.9 Å². The number of aliphatic carboxylic acids is 1. The number of aromatic nitrogens is 1. The normalized spacial score (nSPS) is 10.6. The first-order chi connectivity index (χ1) is 10.6. The summed E-state index contributed by atoms with van der Waals surface area (Å²) < 4.78 is 5.34. The van der Waals surface area contributed by atoms with Crippen molar-refractivity contribution >= 4 is 22.8 Å². The molecule has 0 aliphatic carbocycles. The van der Waals surface area contributed by atoms with E-state index in [0.717, 1.165) is 22.9 Å². The van der Waals surface area contributed by atoms with Crippen LogP contribution in [0.4, 0.5) is 0 Å². The summed E-state index contributed by atoms with van der Waals surface area (Å²) in [6.45, 7) is 2.08. The van der Waals surface area contributed by atoms with Gasteiger partial charge in [0.1, 0.15) is 12.3 Å². The maximum Gasteiger partial charge on any atom is 0.323 e. The van der Waals surface area contributed by atoms with E-state index in [0.29, 0.717) is 12.3 Å². The highest BCUT2D eigenvalue weighted by Gasteiger charge is 2.19. The Labute approximate surface area is 128 Å². The fraction of sp³-hybridized carbons (Fsp3) is 0.375. The Morgan fingerprint density at radius 2 is 2.14 bits per heavy atom. The number of carbonyl (C=O) groups excluding carboxylic acids is 1. The van der Waals surface area contributed by atoms with E-state index in [4.69, 9.17) is 9.84 Å². The highest BCUT2D eigenvalue weighted by molar-refractivity contribution is 5.93. The van der Waals surface area contributed by atoms with Crippen molar-refractivity contribution in [3.8, 4) is 5.75 Å². The zero-order valence-electron chi connectivity index (χ0n) is 12.8. The van der Waals surface area contributed by atoms with Crippen molar-refractivity contribution in [1.82, 2.24) is 9.88 Å². The molecule has 0 aliphatic heterocycles. The standard InChI is InChI=1S/C16H20N2O4/c1-3-7-18(10-15(20)21)14(19)8-11-9-17-12-5-4-6-13(22-2)16(11)12/h4-6,9,17H,3,7-8,10H2,1-2H3,(H,20,21). The van der Waals surface area contributed by atoms with Gasteiger partial charge in [0.2, 0.25) is 5.91 Å². The van der Waals surface area contributed by atoms with Crippen LogP contribution in [-0.2, 0) is 16.0 Å². The maximum absolute atomic E-state index is 12.4. The van der Waals surface area contributed by atoms with Gasteiger partial charge in [-0.05, 0) is 24.1 Å². The van der Waals surface area contributed by atoms with E-state index < -0.39 is 5.97 Å². The molecule has 1 aromatic carbocycles. The number of H-pyrrole nitrogens is 1. The molecule has 0 spiro atoms. The number of nitrogens with zero attached hydrogens (tertiary/aromatic N) is 1. The van der Waals surface area contributed by atoms with Gasteiger partial charge in [-0.25, -0.2) is 0 Å². The lowest BCUT2D eigenvalue weighted by Crippen LogP contribution is -2.37. The summed E-state index contributed by atoms with van der Waals surface area (Å²) in [5, 5.41) is 9.79. The third-order valence-corrected chi connectivity index (χ3v) is 3.48. The number of nitrogens with one attached hydrogen (secondary N) is 1. The molecule has 0 saturated carbocycles. The van der Waals surface area contributed by atoms with E-state index in [-0.39, 0.29) is 18.9 Å². The van der Waals surface area contributed by atoms with Crippen LogP contribution in [0.15, 0.2) is 24.4 Å². The molecule has 0 bridgehead atoms. The van der Waals surface area contributed by atoms with E-state index in [1.54, 1.807) is 13.3 Å². The van der Waals surface area contributed by atoms with Gasteiger partial charge in [0.05, 0.1) is 13.5 Å². The van der Waals surface area contributed by atoms with Gasteiger partial charge in [0.25, 0.3) is 0 Å². The number of fused-ring (bicyclic) bond motifs is 1. The zero-order valence-corrected chi connectivity index (χ0v) is 12.8. The first-order valence-electron chi connectivity index (χ1n) is 7.19. The topological polar surface area (TPSA) is 82.6 Å². The van der Waals surface area contributed by atoms with Crippen molar-refractivity contribution in [1.29, 1.82) is 0 Å². The van der Waals surface area contributed by atoms with Crippen molar-refractivity contribution in [2.75, 3.05) is 20.2 Å². The van der Waals surface area contributed by atoms with E-state index in [1.807, 2.05) is 25.1 Å². The highest BCUT2D eigenvalue weighted by Crippen LogP contribution is 2.29. The van der Waals surface area contributed by atoms with Crippen LogP contribution >= 0.6 is 0 Å². The van der Waals surface area contributed by atoms with Crippen LogP contribution in [0, 0.1) is 0 Å². The van der Waals surface area contributed by atoms with E-state index >= 15 is 0 Å². The summed E-state index contributed by atoms with van der Waals surface area (Å²) in [5.74, 6) is -0.504. The maximum atomic E-state index is 12.4. The molecule has 0 aliphatic rings. The summed E-state index contributed by atoms with van der Waals surface area (Å²) >= 11 is 0. The fourth-order valence-corrected chi connectivity index (χ4v) is 2.53. The van der Waals surface area contributed by atoms with Gasteiger partial charge in [-0.15, -0.1) is 0 Å². The number of amides is 1. The number of hydrogen-bond acceptors (Lipinski definition) is 3. The van der Waals surface area contributed by atoms with E-state index in [2.05, 4.69) is 4.98 Å². The lowest BCUT2D eigenvalue weighted by Gasteiger charge is -2.19. The zero-order chi connectivity index (χ0) is 16.1. The van der Waals surface area contributed by atoms with Gasteiger partial charge in [0.15, 0.2) is 0 Å². The smallest absolute Gasteiger partial charge is 0.323 e. The molecule has 2 rings (SSSR count). The van der Waals surface area contributed by atoms with E-state index in [9.17, 15) is 9.59 Å². The van der Waals surface area contributed by atoms with Crippen LogP contribution in [0.5, 0.6) is 5.75 Å².